The maximum absolute atomic E-state index is 11.3. The molecule has 1 aromatic rings. The molecule has 15 heavy (non-hydrogen) atoms. The molecular formula is C10H16N2O2S. The maximum Gasteiger partial charge on any atom is 0.349 e. The zero-order valence-electron chi connectivity index (χ0n) is 9.40. The van der Waals surface area contributed by atoms with Crippen molar-refractivity contribution in [3.8, 4) is 0 Å². The molecule has 84 valence electrons. The van der Waals surface area contributed by atoms with Crippen molar-refractivity contribution in [3.05, 3.63) is 15.6 Å². The molecule has 1 aromatic heterocycles. The average molecular weight is 228 g/mol. The quantitative estimate of drug-likeness (QED) is 0.802. The van der Waals surface area contributed by atoms with Crippen LogP contribution in [0.2, 0.25) is 0 Å². The molecule has 0 saturated carbocycles. The van der Waals surface area contributed by atoms with E-state index in [1.54, 1.807) is 6.92 Å². The zero-order chi connectivity index (χ0) is 11.6. The number of hydrogen-bond donors (Lipinski definition) is 1. The smallest absolute Gasteiger partial charge is 0.349 e. The third-order valence-electron chi connectivity index (χ3n) is 2.19. The van der Waals surface area contributed by atoms with Crippen LogP contribution in [0.5, 0.6) is 0 Å². The van der Waals surface area contributed by atoms with Gasteiger partial charge in [-0.3, -0.25) is 0 Å². The van der Waals surface area contributed by atoms with Gasteiger partial charge in [-0.2, -0.15) is 0 Å². The second kappa shape index (κ2) is 4.72. The number of aryl methyl sites for hydroxylation is 1. The van der Waals surface area contributed by atoms with E-state index in [2.05, 4.69) is 9.72 Å². The molecule has 0 fully saturated rings. The van der Waals surface area contributed by atoms with E-state index in [1.807, 2.05) is 13.8 Å². The van der Waals surface area contributed by atoms with Crippen LogP contribution < -0.4 is 5.73 Å². The molecule has 5 heteroatoms. The lowest BCUT2D eigenvalue weighted by molar-refractivity contribution is 0.0605. The summed E-state index contributed by atoms with van der Waals surface area (Å²) in [6.45, 7) is 5.84. The van der Waals surface area contributed by atoms with Gasteiger partial charge in [0, 0.05) is 0 Å². The summed E-state index contributed by atoms with van der Waals surface area (Å²) < 4.78 is 4.66. The van der Waals surface area contributed by atoms with E-state index in [0.717, 1.165) is 5.01 Å². The average Bonchev–Trinajstić information content (AvgIpc) is 2.57. The zero-order valence-corrected chi connectivity index (χ0v) is 10.2. The van der Waals surface area contributed by atoms with Crippen molar-refractivity contribution in [1.29, 1.82) is 0 Å². The van der Waals surface area contributed by atoms with Crippen LogP contribution in [0.1, 0.15) is 40.3 Å². The third kappa shape index (κ3) is 2.54. The fraction of sp³-hybridized carbons (Fsp3) is 0.600. The van der Waals surface area contributed by atoms with E-state index < -0.39 is 0 Å². The Morgan fingerprint density at radius 2 is 2.13 bits per heavy atom. The minimum Gasteiger partial charge on any atom is -0.465 e. The van der Waals surface area contributed by atoms with Gasteiger partial charge in [-0.25, -0.2) is 9.78 Å². The monoisotopic (exact) mass is 228 g/mol. The standard InChI is InChI=1S/C10H16N2O2S/c1-5(2)7(11)9-12-6(3)8(15-9)10(13)14-4/h5,7H,11H2,1-4H3. The summed E-state index contributed by atoms with van der Waals surface area (Å²) in [5.74, 6) is -0.0340. The van der Waals surface area contributed by atoms with E-state index in [-0.39, 0.29) is 12.0 Å². The lowest BCUT2D eigenvalue weighted by atomic mass is 10.1. The Bertz CT molecular complexity index is 360. The van der Waals surface area contributed by atoms with Crippen molar-refractivity contribution in [2.75, 3.05) is 7.11 Å². The number of carbonyl (C=O) groups is 1. The van der Waals surface area contributed by atoms with Gasteiger partial charge < -0.3 is 10.5 Å². The number of aromatic nitrogens is 1. The molecule has 0 aromatic carbocycles. The number of esters is 1. The number of carbonyl (C=O) groups excluding carboxylic acids is 1. The summed E-state index contributed by atoms with van der Waals surface area (Å²) in [5.41, 5.74) is 6.65. The van der Waals surface area contributed by atoms with Crippen LogP contribution in [0.15, 0.2) is 0 Å². The molecule has 1 unspecified atom stereocenters. The second-order valence-corrected chi connectivity index (χ2v) is 4.76. The largest absolute Gasteiger partial charge is 0.465 e. The van der Waals surface area contributed by atoms with Gasteiger partial charge in [0.25, 0.3) is 0 Å². The van der Waals surface area contributed by atoms with E-state index in [0.29, 0.717) is 16.5 Å². The number of hydrogen-bond acceptors (Lipinski definition) is 5. The van der Waals surface area contributed by atoms with Gasteiger partial charge in [0.05, 0.1) is 18.8 Å². The topological polar surface area (TPSA) is 65.2 Å². The summed E-state index contributed by atoms with van der Waals surface area (Å²) in [7, 11) is 1.36. The van der Waals surface area contributed by atoms with Crippen LogP contribution in [-0.2, 0) is 4.74 Å². The molecule has 0 amide bonds. The van der Waals surface area contributed by atoms with E-state index in [4.69, 9.17) is 5.73 Å². The van der Waals surface area contributed by atoms with Gasteiger partial charge in [-0.15, -0.1) is 11.3 Å². The first kappa shape index (κ1) is 12.1. The summed E-state index contributed by atoms with van der Waals surface area (Å²) >= 11 is 1.32. The Morgan fingerprint density at radius 1 is 1.53 bits per heavy atom. The first-order valence-corrected chi connectivity index (χ1v) is 5.60. The first-order valence-electron chi connectivity index (χ1n) is 4.78. The number of thiazole rings is 1. The van der Waals surface area contributed by atoms with Gasteiger partial charge in [0.1, 0.15) is 9.88 Å². The van der Waals surface area contributed by atoms with Crippen LogP contribution in [-0.4, -0.2) is 18.1 Å². The summed E-state index contributed by atoms with van der Waals surface area (Å²) in [5, 5.41) is 0.794. The van der Waals surface area contributed by atoms with Crippen molar-refractivity contribution in [2.24, 2.45) is 11.7 Å². The number of nitrogens with two attached hydrogens (primary N) is 1. The molecule has 0 spiro atoms. The highest BCUT2D eigenvalue weighted by molar-refractivity contribution is 7.13. The van der Waals surface area contributed by atoms with E-state index in [1.165, 1.54) is 18.4 Å². The fourth-order valence-corrected chi connectivity index (χ4v) is 2.29. The van der Waals surface area contributed by atoms with Crippen LogP contribution >= 0.6 is 11.3 Å². The van der Waals surface area contributed by atoms with Crippen LogP contribution in [0.4, 0.5) is 0 Å². The minimum absolute atomic E-state index is 0.118. The Labute approximate surface area is 93.5 Å². The minimum atomic E-state index is -0.341. The summed E-state index contributed by atoms with van der Waals surface area (Å²) in [6, 6.07) is -0.118. The number of nitrogens with zero attached hydrogens (tertiary/aromatic N) is 1. The predicted molar refractivity (Wildman–Crippen MR) is 60.0 cm³/mol. The van der Waals surface area contributed by atoms with E-state index >= 15 is 0 Å². The molecule has 0 aliphatic carbocycles. The highest BCUT2D eigenvalue weighted by atomic mass is 32.1. The van der Waals surface area contributed by atoms with Gasteiger partial charge in [0.2, 0.25) is 0 Å². The van der Waals surface area contributed by atoms with Gasteiger partial charge >= 0.3 is 5.97 Å². The molecule has 0 aliphatic rings. The van der Waals surface area contributed by atoms with Crippen molar-refractivity contribution < 1.29 is 9.53 Å². The normalized spacial score (nSPS) is 12.9. The highest BCUT2D eigenvalue weighted by Crippen LogP contribution is 2.26. The number of rotatable bonds is 3. The van der Waals surface area contributed by atoms with Crippen molar-refractivity contribution in [3.63, 3.8) is 0 Å². The molecule has 0 bridgehead atoms. The molecule has 0 radical (unpaired) electrons. The molecule has 0 aliphatic heterocycles. The fourth-order valence-electron chi connectivity index (χ4n) is 1.13. The lowest BCUT2D eigenvalue weighted by Gasteiger charge is -2.11. The van der Waals surface area contributed by atoms with Crippen LogP contribution in [0.25, 0.3) is 0 Å². The molecule has 4 nitrogen and oxygen atoms in total. The summed E-state index contributed by atoms with van der Waals surface area (Å²) in [6.07, 6.45) is 0. The Morgan fingerprint density at radius 3 is 2.60 bits per heavy atom. The Hall–Kier alpha value is -0.940. The van der Waals surface area contributed by atoms with Crippen molar-refractivity contribution in [1.82, 2.24) is 4.98 Å². The Kier molecular flexibility index (Phi) is 3.82. The molecule has 1 rings (SSSR count). The summed E-state index contributed by atoms with van der Waals surface area (Å²) in [4.78, 5) is 16.2. The number of ether oxygens (including phenoxy) is 1. The van der Waals surface area contributed by atoms with Gasteiger partial charge in [-0.05, 0) is 12.8 Å². The maximum atomic E-state index is 11.3. The highest BCUT2D eigenvalue weighted by Gasteiger charge is 2.20. The molecular weight excluding hydrogens is 212 g/mol. The van der Waals surface area contributed by atoms with Crippen LogP contribution in [0.3, 0.4) is 0 Å². The lowest BCUT2D eigenvalue weighted by Crippen LogP contribution is -2.16. The molecule has 1 atom stereocenters. The SMILES string of the molecule is COC(=O)c1sc(C(N)C(C)C)nc1C. The third-order valence-corrected chi connectivity index (χ3v) is 3.43. The van der Waals surface area contributed by atoms with Gasteiger partial charge in [-0.1, -0.05) is 13.8 Å². The Balaban J connectivity index is 3.00. The van der Waals surface area contributed by atoms with Gasteiger partial charge in [0.15, 0.2) is 0 Å². The van der Waals surface area contributed by atoms with E-state index in [9.17, 15) is 4.79 Å². The first-order chi connectivity index (χ1) is 6.97. The van der Waals surface area contributed by atoms with Crippen molar-refractivity contribution in [2.45, 2.75) is 26.8 Å². The predicted octanol–water partition coefficient (Wildman–Crippen LogP) is 1.89. The number of methoxy groups -OCH3 is 1. The molecule has 1 heterocycles. The molecule has 0 saturated heterocycles. The molecule has 2 N–H and O–H groups in total. The second-order valence-electron chi connectivity index (χ2n) is 3.73. The van der Waals surface area contributed by atoms with Crippen molar-refractivity contribution >= 4 is 17.3 Å². The van der Waals surface area contributed by atoms with Crippen LogP contribution in [0, 0.1) is 12.8 Å².